The van der Waals surface area contributed by atoms with E-state index in [1.165, 1.54) is 0 Å². The standard InChI is InChI=1S/C12H11Br2N3O2/c1-18-10-4-8(14)11(5-7(10)13)19-12-9(6-15)16-2-3-17-12/h2-5H,6,15H2,1H3. The summed E-state index contributed by atoms with van der Waals surface area (Å²) in [6.45, 7) is 0.262. The number of ether oxygens (including phenoxy) is 2. The van der Waals surface area contributed by atoms with Crippen molar-refractivity contribution in [3.63, 3.8) is 0 Å². The van der Waals surface area contributed by atoms with Gasteiger partial charge in [-0.15, -0.1) is 0 Å². The molecule has 0 bridgehead atoms. The number of methoxy groups -OCH3 is 1. The molecule has 0 amide bonds. The van der Waals surface area contributed by atoms with Crippen LogP contribution in [-0.2, 0) is 6.54 Å². The Bertz CT molecular complexity index is 593. The van der Waals surface area contributed by atoms with Gasteiger partial charge >= 0.3 is 0 Å². The average Bonchev–Trinajstić information content (AvgIpc) is 2.43. The van der Waals surface area contributed by atoms with Crippen LogP contribution in [0.5, 0.6) is 17.4 Å². The topological polar surface area (TPSA) is 70.3 Å². The predicted molar refractivity (Wildman–Crippen MR) is 78.4 cm³/mol. The molecule has 100 valence electrons. The van der Waals surface area contributed by atoms with Crippen molar-refractivity contribution in [2.24, 2.45) is 5.73 Å². The monoisotopic (exact) mass is 387 g/mol. The molecule has 0 spiro atoms. The summed E-state index contributed by atoms with van der Waals surface area (Å²) in [4.78, 5) is 8.24. The van der Waals surface area contributed by atoms with Crippen LogP contribution in [-0.4, -0.2) is 17.1 Å². The van der Waals surface area contributed by atoms with Gasteiger partial charge in [-0.2, -0.15) is 0 Å². The molecule has 2 aromatic rings. The van der Waals surface area contributed by atoms with E-state index >= 15 is 0 Å². The van der Waals surface area contributed by atoms with E-state index in [1.807, 2.05) is 0 Å². The number of aromatic nitrogens is 2. The van der Waals surface area contributed by atoms with Gasteiger partial charge in [-0.1, -0.05) is 0 Å². The highest BCUT2D eigenvalue weighted by Gasteiger charge is 2.12. The number of rotatable bonds is 4. The normalized spacial score (nSPS) is 10.3. The number of hydrogen-bond acceptors (Lipinski definition) is 5. The Kier molecular flexibility index (Phi) is 4.73. The fourth-order valence-electron chi connectivity index (χ4n) is 1.43. The van der Waals surface area contributed by atoms with Crippen molar-refractivity contribution in [1.82, 2.24) is 9.97 Å². The van der Waals surface area contributed by atoms with Gasteiger partial charge in [-0.3, -0.25) is 4.98 Å². The smallest absolute Gasteiger partial charge is 0.242 e. The van der Waals surface area contributed by atoms with Gasteiger partial charge in [0.1, 0.15) is 17.2 Å². The Morgan fingerprint density at radius 2 is 1.74 bits per heavy atom. The van der Waals surface area contributed by atoms with Gasteiger partial charge in [0.25, 0.3) is 0 Å². The van der Waals surface area contributed by atoms with Crippen LogP contribution in [0.25, 0.3) is 0 Å². The first-order valence-corrected chi connectivity index (χ1v) is 6.95. The molecule has 0 atom stereocenters. The van der Waals surface area contributed by atoms with Crippen molar-refractivity contribution in [2.75, 3.05) is 7.11 Å². The van der Waals surface area contributed by atoms with Gasteiger partial charge < -0.3 is 15.2 Å². The molecule has 0 saturated heterocycles. The van der Waals surface area contributed by atoms with E-state index in [0.29, 0.717) is 23.1 Å². The highest BCUT2D eigenvalue weighted by atomic mass is 79.9. The third-order valence-corrected chi connectivity index (χ3v) is 3.58. The lowest BCUT2D eigenvalue weighted by Gasteiger charge is -2.11. The minimum Gasteiger partial charge on any atom is -0.496 e. The van der Waals surface area contributed by atoms with Crippen LogP contribution in [0, 0.1) is 0 Å². The number of hydrogen-bond donors (Lipinski definition) is 1. The number of nitrogens with two attached hydrogens (primary N) is 1. The van der Waals surface area contributed by atoms with Crippen LogP contribution < -0.4 is 15.2 Å². The maximum atomic E-state index is 5.73. The molecule has 0 aliphatic heterocycles. The summed E-state index contributed by atoms with van der Waals surface area (Å²) >= 11 is 6.82. The molecule has 2 rings (SSSR count). The molecule has 2 N–H and O–H groups in total. The highest BCUT2D eigenvalue weighted by Crippen LogP contribution is 2.38. The SMILES string of the molecule is COc1cc(Br)c(Oc2nccnc2CN)cc1Br. The lowest BCUT2D eigenvalue weighted by molar-refractivity contribution is 0.408. The zero-order valence-corrected chi connectivity index (χ0v) is 13.2. The lowest BCUT2D eigenvalue weighted by Crippen LogP contribution is -2.03. The van der Waals surface area contributed by atoms with Crippen molar-refractivity contribution < 1.29 is 9.47 Å². The van der Waals surface area contributed by atoms with Crippen molar-refractivity contribution in [3.8, 4) is 17.4 Å². The lowest BCUT2D eigenvalue weighted by atomic mass is 10.3. The first-order valence-electron chi connectivity index (χ1n) is 5.36. The largest absolute Gasteiger partial charge is 0.496 e. The Balaban J connectivity index is 2.36. The van der Waals surface area contributed by atoms with Crippen LogP contribution >= 0.6 is 31.9 Å². The Hall–Kier alpha value is -1.18. The van der Waals surface area contributed by atoms with Crippen LogP contribution in [0.2, 0.25) is 0 Å². The van der Waals surface area contributed by atoms with E-state index in [1.54, 1.807) is 31.6 Å². The fourth-order valence-corrected chi connectivity index (χ4v) is 2.32. The summed E-state index contributed by atoms with van der Waals surface area (Å²) < 4.78 is 12.5. The van der Waals surface area contributed by atoms with E-state index in [-0.39, 0.29) is 6.54 Å². The van der Waals surface area contributed by atoms with Crippen LogP contribution in [0.1, 0.15) is 5.69 Å². The maximum Gasteiger partial charge on any atom is 0.242 e. The molecular formula is C12H11Br2N3O2. The van der Waals surface area contributed by atoms with E-state index in [9.17, 15) is 0 Å². The van der Waals surface area contributed by atoms with Gasteiger partial charge in [0.2, 0.25) is 5.88 Å². The average molecular weight is 389 g/mol. The van der Waals surface area contributed by atoms with Crippen molar-refractivity contribution in [2.45, 2.75) is 6.54 Å². The van der Waals surface area contributed by atoms with Crippen molar-refractivity contribution >= 4 is 31.9 Å². The summed E-state index contributed by atoms with van der Waals surface area (Å²) in [5, 5.41) is 0. The van der Waals surface area contributed by atoms with Gasteiger partial charge in [0.05, 0.1) is 16.1 Å². The second kappa shape index (κ2) is 6.31. The fraction of sp³-hybridized carbons (Fsp3) is 0.167. The van der Waals surface area contributed by atoms with Crippen molar-refractivity contribution in [1.29, 1.82) is 0 Å². The number of benzene rings is 1. The Morgan fingerprint density at radius 3 is 2.42 bits per heavy atom. The quantitative estimate of drug-likeness (QED) is 0.870. The highest BCUT2D eigenvalue weighted by molar-refractivity contribution is 9.11. The van der Waals surface area contributed by atoms with Crippen LogP contribution in [0.3, 0.4) is 0 Å². The van der Waals surface area contributed by atoms with E-state index in [2.05, 4.69) is 41.8 Å². The number of halogens is 2. The molecule has 0 fully saturated rings. The molecule has 7 heteroatoms. The summed E-state index contributed by atoms with van der Waals surface area (Å²) in [6.07, 6.45) is 3.13. The minimum atomic E-state index is 0.262. The van der Waals surface area contributed by atoms with E-state index in [0.717, 1.165) is 8.95 Å². The van der Waals surface area contributed by atoms with Gasteiger partial charge in [0, 0.05) is 18.9 Å². The second-order valence-electron chi connectivity index (χ2n) is 3.53. The zero-order chi connectivity index (χ0) is 13.8. The van der Waals surface area contributed by atoms with E-state index in [4.69, 9.17) is 15.2 Å². The van der Waals surface area contributed by atoms with Gasteiger partial charge in [-0.25, -0.2) is 4.98 Å². The molecule has 0 radical (unpaired) electrons. The third-order valence-electron chi connectivity index (χ3n) is 2.34. The zero-order valence-electron chi connectivity index (χ0n) is 10.1. The predicted octanol–water partition coefficient (Wildman–Crippen LogP) is 3.26. The molecule has 1 heterocycles. The molecule has 0 unspecified atom stereocenters. The molecule has 5 nitrogen and oxygen atoms in total. The summed E-state index contributed by atoms with van der Waals surface area (Å²) in [5.74, 6) is 1.70. The first-order chi connectivity index (χ1) is 9.15. The van der Waals surface area contributed by atoms with E-state index < -0.39 is 0 Å². The molecular weight excluding hydrogens is 378 g/mol. The molecule has 19 heavy (non-hydrogen) atoms. The molecule has 0 saturated carbocycles. The third kappa shape index (κ3) is 3.23. The number of nitrogens with zero attached hydrogens (tertiary/aromatic N) is 2. The van der Waals surface area contributed by atoms with Crippen molar-refractivity contribution in [3.05, 3.63) is 39.2 Å². The molecule has 1 aromatic heterocycles. The molecule has 0 aliphatic rings. The van der Waals surface area contributed by atoms with Crippen LogP contribution in [0.15, 0.2) is 33.5 Å². The maximum absolute atomic E-state index is 5.73. The minimum absolute atomic E-state index is 0.262. The van der Waals surface area contributed by atoms with Crippen LogP contribution in [0.4, 0.5) is 0 Å². The summed E-state index contributed by atoms with van der Waals surface area (Å²) in [5.41, 5.74) is 6.19. The Labute approximate surface area is 127 Å². The first kappa shape index (κ1) is 14.2. The summed E-state index contributed by atoms with van der Waals surface area (Å²) in [7, 11) is 1.60. The van der Waals surface area contributed by atoms with Gasteiger partial charge in [-0.05, 0) is 44.0 Å². The molecule has 0 aliphatic carbocycles. The van der Waals surface area contributed by atoms with Gasteiger partial charge in [0.15, 0.2) is 0 Å². The second-order valence-corrected chi connectivity index (χ2v) is 5.24. The summed E-state index contributed by atoms with van der Waals surface area (Å²) in [6, 6.07) is 3.59. The molecule has 1 aromatic carbocycles. The Morgan fingerprint density at radius 1 is 1.11 bits per heavy atom.